The lowest BCUT2D eigenvalue weighted by Crippen LogP contribution is -2.39. The first-order valence-corrected chi connectivity index (χ1v) is 8.12. The SMILES string of the molecule is Cc1nc(C2CCN(C(=O)Cc3noc4ccccc34)CC2)no1. The number of carbonyl (C=O) groups excluding carboxylic acids is 1. The van der Waals surface area contributed by atoms with E-state index in [1.54, 1.807) is 6.92 Å². The van der Waals surface area contributed by atoms with Gasteiger partial charge in [0.1, 0.15) is 5.69 Å². The smallest absolute Gasteiger partial charge is 0.228 e. The minimum atomic E-state index is 0.0804. The quantitative estimate of drug-likeness (QED) is 0.735. The highest BCUT2D eigenvalue weighted by Crippen LogP contribution is 2.26. The Labute approximate surface area is 138 Å². The molecule has 24 heavy (non-hydrogen) atoms. The van der Waals surface area contributed by atoms with E-state index in [4.69, 9.17) is 9.05 Å². The number of nitrogens with zero attached hydrogens (tertiary/aromatic N) is 4. The first-order valence-electron chi connectivity index (χ1n) is 8.12. The van der Waals surface area contributed by atoms with Gasteiger partial charge >= 0.3 is 0 Å². The number of carbonyl (C=O) groups is 1. The first-order chi connectivity index (χ1) is 11.7. The van der Waals surface area contributed by atoms with E-state index in [-0.39, 0.29) is 18.2 Å². The van der Waals surface area contributed by atoms with Crippen molar-refractivity contribution in [3.05, 3.63) is 41.7 Å². The summed E-state index contributed by atoms with van der Waals surface area (Å²) in [5, 5.41) is 8.94. The van der Waals surface area contributed by atoms with Crippen molar-refractivity contribution in [2.45, 2.75) is 32.1 Å². The lowest BCUT2D eigenvalue weighted by Gasteiger charge is -2.30. The zero-order chi connectivity index (χ0) is 16.5. The molecule has 0 aliphatic carbocycles. The number of hydrogen-bond donors (Lipinski definition) is 0. The summed E-state index contributed by atoms with van der Waals surface area (Å²) in [7, 11) is 0. The van der Waals surface area contributed by atoms with E-state index in [1.807, 2.05) is 29.2 Å². The van der Waals surface area contributed by atoms with E-state index < -0.39 is 0 Å². The minimum absolute atomic E-state index is 0.0804. The van der Waals surface area contributed by atoms with Crippen LogP contribution in [0.4, 0.5) is 0 Å². The molecule has 2 aromatic heterocycles. The van der Waals surface area contributed by atoms with E-state index >= 15 is 0 Å². The van der Waals surface area contributed by atoms with Gasteiger partial charge in [-0.25, -0.2) is 0 Å². The van der Waals surface area contributed by atoms with Crippen LogP contribution in [0.2, 0.25) is 0 Å². The van der Waals surface area contributed by atoms with E-state index in [0.717, 1.165) is 24.1 Å². The highest BCUT2D eigenvalue weighted by Gasteiger charge is 2.27. The predicted octanol–water partition coefficient (Wildman–Crippen LogP) is 2.47. The molecule has 1 aromatic carbocycles. The molecule has 0 spiro atoms. The van der Waals surface area contributed by atoms with E-state index in [9.17, 15) is 4.79 Å². The lowest BCUT2D eigenvalue weighted by atomic mass is 9.96. The summed E-state index contributed by atoms with van der Waals surface area (Å²) in [5.41, 5.74) is 1.41. The Morgan fingerprint density at radius 1 is 1.21 bits per heavy atom. The summed E-state index contributed by atoms with van der Waals surface area (Å²) in [6, 6.07) is 7.60. The minimum Gasteiger partial charge on any atom is -0.356 e. The van der Waals surface area contributed by atoms with Crippen LogP contribution < -0.4 is 0 Å². The lowest BCUT2D eigenvalue weighted by molar-refractivity contribution is -0.131. The molecule has 3 aromatic rings. The van der Waals surface area contributed by atoms with Crippen molar-refractivity contribution in [1.82, 2.24) is 20.2 Å². The van der Waals surface area contributed by atoms with Crippen LogP contribution in [0.5, 0.6) is 0 Å². The fraction of sp³-hybridized carbons (Fsp3) is 0.412. The van der Waals surface area contributed by atoms with Crippen LogP contribution >= 0.6 is 0 Å². The fourth-order valence-electron chi connectivity index (χ4n) is 3.19. The maximum atomic E-state index is 12.6. The zero-order valence-electron chi connectivity index (χ0n) is 13.4. The number of para-hydroxylation sites is 1. The van der Waals surface area contributed by atoms with Crippen LogP contribution in [0.25, 0.3) is 11.0 Å². The molecule has 0 atom stereocenters. The van der Waals surface area contributed by atoms with E-state index in [2.05, 4.69) is 15.3 Å². The average molecular weight is 326 g/mol. The van der Waals surface area contributed by atoms with E-state index in [0.29, 0.717) is 30.3 Å². The van der Waals surface area contributed by atoms with Crippen LogP contribution in [0.15, 0.2) is 33.3 Å². The highest BCUT2D eigenvalue weighted by atomic mass is 16.5. The largest absolute Gasteiger partial charge is 0.356 e. The average Bonchev–Trinajstić information content (AvgIpc) is 3.22. The van der Waals surface area contributed by atoms with Gasteiger partial charge < -0.3 is 13.9 Å². The van der Waals surface area contributed by atoms with Gasteiger partial charge in [0.25, 0.3) is 0 Å². The van der Waals surface area contributed by atoms with Crippen molar-refractivity contribution in [3.63, 3.8) is 0 Å². The van der Waals surface area contributed by atoms with Gasteiger partial charge in [0.05, 0.1) is 6.42 Å². The fourth-order valence-corrected chi connectivity index (χ4v) is 3.19. The van der Waals surface area contributed by atoms with E-state index in [1.165, 1.54) is 0 Å². The van der Waals surface area contributed by atoms with Gasteiger partial charge in [0.15, 0.2) is 11.4 Å². The molecule has 0 unspecified atom stereocenters. The first kappa shape index (κ1) is 14.9. The molecule has 0 N–H and O–H groups in total. The number of aromatic nitrogens is 3. The summed E-state index contributed by atoms with van der Waals surface area (Å²) in [6.07, 6.45) is 1.97. The number of hydrogen-bond acceptors (Lipinski definition) is 6. The molecule has 124 valence electrons. The summed E-state index contributed by atoms with van der Waals surface area (Å²) in [4.78, 5) is 18.7. The second kappa shape index (κ2) is 6.07. The van der Waals surface area contributed by atoms with Crippen LogP contribution in [0.3, 0.4) is 0 Å². The number of amides is 1. The van der Waals surface area contributed by atoms with Crippen LogP contribution in [-0.2, 0) is 11.2 Å². The van der Waals surface area contributed by atoms with Gasteiger partial charge in [-0.05, 0) is 25.0 Å². The van der Waals surface area contributed by atoms with Crippen molar-refractivity contribution in [2.24, 2.45) is 0 Å². The Morgan fingerprint density at radius 2 is 2.00 bits per heavy atom. The van der Waals surface area contributed by atoms with Crippen LogP contribution in [0, 0.1) is 6.92 Å². The van der Waals surface area contributed by atoms with Gasteiger partial charge in [-0.3, -0.25) is 4.79 Å². The molecule has 7 nitrogen and oxygen atoms in total. The summed E-state index contributed by atoms with van der Waals surface area (Å²) in [5.74, 6) is 1.68. The van der Waals surface area contributed by atoms with Crippen molar-refractivity contribution < 1.29 is 13.8 Å². The molecule has 1 saturated heterocycles. The third-order valence-corrected chi connectivity index (χ3v) is 4.53. The van der Waals surface area contributed by atoms with Crippen LogP contribution in [0.1, 0.15) is 36.2 Å². The molecular weight excluding hydrogens is 308 g/mol. The molecule has 7 heteroatoms. The second-order valence-corrected chi connectivity index (χ2v) is 6.13. The predicted molar refractivity (Wildman–Crippen MR) is 85.3 cm³/mol. The number of aryl methyl sites for hydroxylation is 1. The number of benzene rings is 1. The summed E-state index contributed by atoms with van der Waals surface area (Å²) < 4.78 is 10.3. The molecule has 0 bridgehead atoms. The van der Waals surface area contributed by atoms with Crippen molar-refractivity contribution in [2.75, 3.05) is 13.1 Å². The Morgan fingerprint density at radius 3 is 2.75 bits per heavy atom. The number of piperidine rings is 1. The van der Waals surface area contributed by atoms with Gasteiger partial charge in [0.2, 0.25) is 11.8 Å². The third-order valence-electron chi connectivity index (χ3n) is 4.53. The van der Waals surface area contributed by atoms with Gasteiger partial charge in [-0.1, -0.05) is 22.4 Å². The monoisotopic (exact) mass is 326 g/mol. The van der Waals surface area contributed by atoms with Crippen molar-refractivity contribution in [1.29, 1.82) is 0 Å². The molecule has 0 saturated carbocycles. The zero-order valence-corrected chi connectivity index (χ0v) is 13.4. The van der Waals surface area contributed by atoms with Crippen molar-refractivity contribution in [3.8, 4) is 0 Å². The topological polar surface area (TPSA) is 85.3 Å². The molecule has 1 fully saturated rings. The molecule has 1 aliphatic rings. The second-order valence-electron chi connectivity index (χ2n) is 6.13. The third kappa shape index (κ3) is 2.77. The standard InChI is InChI=1S/C17H18N4O3/c1-11-18-17(20-23-11)12-6-8-21(9-7-12)16(22)10-14-13-4-2-3-5-15(13)24-19-14/h2-5,12H,6-10H2,1H3. The maximum Gasteiger partial charge on any atom is 0.228 e. The molecular formula is C17H18N4O3. The number of fused-ring (bicyclic) bond motifs is 1. The summed E-state index contributed by atoms with van der Waals surface area (Å²) >= 11 is 0. The van der Waals surface area contributed by atoms with Gasteiger partial charge in [0, 0.05) is 31.3 Å². The van der Waals surface area contributed by atoms with Gasteiger partial charge in [-0.15, -0.1) is 0 Å². The Kier molecular flexibility index (Phi) is 3.76. The Bertz CT molecular complexity index is 861. The Balaban J connectivity index is 1.39. The number of rotatable bonds is 3. The number of likely N-dealkylation sites (tertiary alicyclic amines) is 1. The van der Waals surface area contributed by atoms with Gasteiger partial charge in [-0.2, -0.15) is 4.98 Å². The molecule has 1 aliphatic heterocycles. The molecule has 0 radical (unpaired) electrons. The Hall–Kier alpha value is -2.70. The molecule has 3 heterocycles. The normalized spacial score (nSPS) is 16.0. The van der Waals surface area contributed by atoms with Crippen LogP contribution in [-0.4, -0.2) is 39.2 Å². The highest BCUT2D eigenvalue weighted by molar-refractivity contribution is 5.86. The maximum absolute atomic E-state index is 12.6. The summed E-state index contributed by atoms with van der Waals surface area (Å²) in [6.45, 7) is 3.19. The molecule has 1 amide bonds. The molecule has 4 rings (SSSR count). The van der Waals surface area contributed by atoms with Crippen molar-refractivity contribution >= 4 is 16.9 Å².